The van der Waals surface area contributed by atoms with Crippen LogP contribution in [0.2, 0.25) is 0 Å². The number of aryl methyl sites for hydroxylation is 2. The first kappa shape index (κ1) is 28.1. The Labute approximate surface area is 236 Å². The van der Waals surface area contributed by atoms with Crippen LogP contribution in [-0.2, 0) is 15.0 Å². The van der Waals surface area contributed by atoms with Gasteiger partial charge in [-0.15, -0.1) is 0 Å². The van der Waals surface area contributed by atoms with E-state index in [-0.39, 0.29) is 11.5 Å². The van der Waals surface area contributed by atoms with Gasteiger partial charge in [-0.05, 0) is 73.5 Å². The van der Waals surface area contributed by atoms with E-state index in [0.717, 1.165) is 40.3 Å². The van der Waals surface area contributed by atoms with Gasteiger partial charge in [-0.3, -0.25) is 0 Å². The van der Waals surface area contributed by atoms with Crippen LogP contribution in [0, 0.1) is 13.8 Å². The van der Waals surface area contributed by atoms with Gasteiger partial charge in [0.05, 0.1) is 0 Å². The zero-order chi connectivity index (χ0) is 28.9. The van der Waals surface area contributed by atoms with Gasteiger partial charge in [-0.2, -0.15) is 0 Å². The summed E-state index contributed by atoms with van der Waals surface area (Å²) < 4.78 is 10.7. The van der Waals surface area contributed by atoms with Crippen LogP contribution in [-0.4, -0.2) is 11.9 Å². The molecule has 4 rings (SSSR count). The maximum atomic E-state index is 12.0. The summed E-state index contributed by atoms with van der Waals surface area (Å²) in [4.78, 5) is 26.0. The monoisotopic (exact) mass is 531 g/mol. The molecule has 0 aliphatic heterocycles. The number of hydrogen-bond donors (Lipinski definition) is 0. The van der Waals surface area contributed by atoms with E-state index in [0.29, 0.717) is 0 Å². The maximum absolute atomic E-state index is 12.0. The fraction of sp³-hybridized carbons (Fsp3) is 0.143. The van der Waals surface area contributed by atoms with Crippen molar-refractivity contribution in [3.63, 3.8) is 0 Å². The Hall–Kier alpha value is -4.90. The van der Waals surface area contributed by atoms with E-state index in [1.807, 2.05) is 6.07 Å². The molecule has 0 radical (unpaired) electrons. The lowest BCUT2D eigenvalue weighted by atomic mass is 9.78. The van der Waals surface area contributed by atoms with Gasteiger partial charge in [0.2, 0.25) is 0 Å². The minimum atomic E-state index is -0.650. The van der Waals surface area contributed by atoms with Crippen molar-refractivity contribution >= 4 is 29.0 Å². The molecule has 5 heteroatoms. The summed E-state index contributed by atoms with van der Waals surface area (Å²) in [7, 11) is 0. The molecule has 0 spiro atoms. The molecule has 202 valence electrons. The number of hydrogen-bond acceptors (Lipinski definition) is 5. The first-order chi connectivity index (χ1) is 19.1. The fourth-order valence-electron chi connectivity index (χ4n) is 4.39. The number of esters is 2. The van der Waals surface area contributed by atoms with Gasteiger partial charge in [0.25, 0.3) is 0 Å². The zero-order valence-corrected chi connectivity index (χ0v) is 23.3. The second kappa shape index (κ2) is 11.9. The quantitative estimate of drug-likeness (QED) is 0.124. The predicted octanol–water partition coefficient (Wildman–Crippen LogP) is 8.28. The smallest absolute Gasteiger partial charge is 0.335 e. The molecule has 0 amide bonds. The summed E-state index contributed by atoms with van der Waals surface area (Å²) in [6.07, 6.45) is 2.11. The fourth-order valence-corrected chi connectivity index (χ4v) is 4.39. The predicted molar refractivity (Wildman–Crippen MR) is 161 cm³/mol. The Balaban J connectivity index is 1.71. The van der Waals surface area contributed by atoms with E-state index in [4.69, 9.17) is 9.47 Å². The molecule has 0 aliphatic rings. The van der Waals surface area contributed by atoms with Crippen molar-refractivity contribution in [3.05, 3.63) is 139 Å². The third kappa shape index (κ3) is 6.21. The number of carbonyl (C=O) groups is 2. The first-order valence-electron chi connectivity index (χ1n) is 13.0. The molecule has 0 bridgehead atoms. The second-order valence-corrected chi connectivity index (χ2v) is 10.1. The Morgan fingerprint density at radius 1 is 0.625 bits per heavy atom. The van der Waals surface area contributed by atoms with Gasteiger partial charge in [0.15, 0.2) is 11.5 Å². The van der Waals surface area contributed by atoms with E-state index < -0.39 is 17.4 Å². The van der Waals surface area contributed by atoms with Crippen LogP contribution in [0.15, 0.2) is 116 Å². The number of ether oxygens (including phenoxy) is 2. The highest BCUT2D eigenvalue weighted by atomic mass is 16.6. The molecule has 0 heterocycles. The molecule has 0 N–H and O–H groups in total. The van der Waals surface area contributed by atoms with Crippen molar-refractivity contribution in [2.45, 2.75) is 33.1 Å². The minimum absolute atomic E-state index is 0.127. The zero-order valence-electron chi connectivity index (χ0n) is 23.3. The lowest BCUT2D eigenvalue weighted by Crippen LogP contribution is -2.20. The SMILES string of the molecule is C=CC(=O)Oc1ccc(C(C)(C)c2ccc(N(c3ccc(C)cc3)c3ccc(C)cc3)cc2)cc1OC(=O)C=C. The standard InChI is InChI=1S/C35H33NO4/c1-7-33(37)39-31-22-15-27(23-32(31)40-34(38)8-2)35(5,6)26-13-20-30(21-14-26)36(28-16-9-24(3)10-17-28)29-18-11-25(4)12-19-29/h7-23H,1-2H2,3-6H3. The van der Waals surface area contributed by atoms with Crippen LogP contribution in [0.3, 0.4) is 0 Å². The van der Waals surface area contributed by atoms with Crippen LogP contribution in [0.25, 0.3) is 0 Å². The van der Waals surface area contributed by atoms with E-state index in [1.54, 1.807) is 12.1 Å². The van der Waals surface area contributed by atoms with Crippen molar-refractivity contribution in [2.75, 3.05) is 4.90 Å². The minimum Gasteiger partial charge on any atom is -0.419 e. The number of benzene rings is 4. The van der Waals surface area contributed by atoms with Gasteiger partial charge < -0.3 is 14.4 Å². The van der Waals surface area contributed by atoms with Gasteiger partial charge in [-0.1, -0.05) is 80.6 Å². The lowest BCUT2D eigenvalue weighted by molar-refractivity contribution is -0.131. The van der Waals surface area contributed by atoms with Gasteiger partial charge in [0.1, 0.15) is 0 Å². The highest BCUT2D eigenvalue weighted by Gasteiger charge is 2.26. The van der Waals surface area contributed by atoms with Crippen molar-refractivity contribution < 1.29 is 19.1 Å². The van der Waals surface area contributed by atoms with Gasteiger partial charge in [-0.25, -0.2) is 9.59 Å². The van der Waals surface area contributed by atoms with Gasteiger partial charge in [0, 0.05) is 34.6 Å². The van der Waals surface area contributed by atoms with Crippen LogP contribution in [0.5, 0.6) is 11.5 Å². The van der Waals surface area contributed by atoms with Crippen LogP contribution in [0.1, 0.15) is 36.1 Å². The molecular formula is C35H33NO4. The molecule has 5 nitrogen and oxygen atoms in total. The van der Waals surface area contributed by atoms with E-state index in [2.05, 4.69) is 119 Å². The summed E-state index contributed by atoms with van der Waals surface area (Å²) in [6, 6.07) is 30.6. The highest BCUT2D eigenvalue weighted by Crippen LogP contribution is 2.40. The Kier molecular flexibility index (Phi) is 8.34. The van der Waals surface area contributed by atoms with Crippen LogP contribution < -0.4 is 14.4 Å². The summed E-state index contributed by atoms with van der Waals surface area (Å²) in [5, 5.41) is 0. The normalized spacial score (nSPS) is 10.9. The maximum Gasteiger partial charge on any atom is 0.335 e. The summed E-state index contributed by atoms with van der Waals surface area (Å²) >= 11 is 0. The summed E-state index contributed by atoms with van der Waals surface area (Å²) in [5.41, 5.74) is 7.04. The molecule has 0 atom stereocenters. The molecule has 4 aromatic carbocycles. The number of rotatable bonds is 9. The van der Waals surface area contributed by atoms with Crippen molar-refractivity contribution in [3.8, 4) is 11.5 Å². The largest absolute Gasteiger partial charge is 0.419 e. The Morgan fingerprint density at radius 2 is 1.02 bits per heavy atom. The topological polar surface area (TPSA) is 55.8 Å². The lowest BCUT2D eigenvalue weighted by Gasteiger charge is -2.29. The Bertz CT molecular complexity index is 1490. The second-order valence-electron chi connectivity index (χ2n) is 10.1. The van der Waals surface area contributed by atoms with E-state index in [9.17, 15) is 9.59 Å². The average molecular weight is 532 g/mol. The molecular weight excluding hydrogens is 498 g/mol. The van der Waals surface area contributed by atoms with Crippen molar-refractivity contribution in [1.29, 1.82) is 0 Å². The molecule has 0 aromatic heterocycles. The summed E-state index contributed by atoms with van der Waals surface area (Å²) in [6.45, 7) is 15.2. The third-order valence-corrected chi connectivity index (χ3v) is 6.85. The van der Waals surface area contributed by atoms with Crippen molar-refractivity contribution in [1.82, 2.24) is 0 Å². The molecule has 40 heavy (non-hydrogen) atoms. The first-order valence-corrected chi connectivity index (χ1v) is 13.0. The number of anilines is 3. The van der Waals surface area contributed by atoms with E-state index in [1.165, 1.54) is 11.1 Å². The molecule has 0 fully saturated rings. The highest BCUT2D eigenvalue weighted by molar-refractivity contribution is 5.86. The van der Waals surface area contributed by atoms with Crippen LogP contribution >= 0.6 is 0 Å². The molecule has 0 saturated carbocycles. The molecule has 0 aliphatic carbocycles. The Morgan fingerprint density at radius 3 is 1.48 bits per heavy atom. The number of nitrogens with zero attached hydrogens (tertiary/aromatic N) is 1. The summed E-state index contributed by atoms with van der Waals surface area (Å²) in [5.74, 6) is -1.04. The van der Waals surface area contributed by atoms with E-state index >= 15 is 0 Å². The molecule has 4 aromatic rings. The van der Waals surface area contributed by atoms with Crippen LogP contribution in [0.4, 0.5) is 17.1 Å². The van der Waals surface area contributed by atoms with Crippen molar-refractivity contribution in [2.24, 2.45) is 0 Å². The number of carbonyl (C=O) groups excluding carboxylic acids is 2. The van der Waals surface area contributed by atoms with Gasteiger partial charge >= 0.3 is 11.9 Å². The average Bonchev–Trinajstić information content (AvgIpc) is 2.96. The third-order valence-electron chi connectivity index (χ3n) is 6.85. The molecule has 0 saturated heterocycles. The molecule has 0 unspecified atom stereocenters.